The van der Waals surface area contributed by atoms with Crippen molar-refractivity contribution in [2.24, 2.45) is 0 Å². The van der Waals surface area contributed by atoms with Crippen LogP contribution < -0.4 is 5.32 Å². The fourth-order valence-corrected chi connectivity index (χ4v) is 2.72. The van der Waals surface area contributed by atoms with Crippen LogP contribution in [0, 0.1) is 13.8 Å². The van der Waals surface area contributed by atoms with Crippen molar-refractivity contribution in [3.05, 3.63) is 39.4 Å². The maximum absolute atomic E-state index is 12.3. The molecule has 1 amide bonds. The van der Waals surface area contributed by atoms with Crippen LogP contribution in [0.25, 0.3) is 0 Å². The first kappa shape index (κ1) is 15.7. The molecular formula is C15H19BrN4O. The lowest BCUT2D eigenvalue weighted by Crippen LogP contribution is -2.16. The Morgan fingerprint density at radius 2 is 1.95 bits per heavy atom. The lowest BCUT2D eigenvalue weighted by molar-refractivity contribution is 0.101. The van der Waals surface area contributed by atoms with Crippen LogP contribution in [0.1, 0.15) is 48.3 Å². The van der Waals surface area contributed by atoms with E-state index in [0.29, 0.717) is 5.82 Å². The number of carbonyl (C=O) groups is 1. The van der Waals surface area contributed by atoms with Gasteiger partial charge in [0.25, 0.3) is 5.91 Å². The molecule has 0 bridgehead atoms. The topological polar surface area (TPSA) is 70.7 Å². The molecule has 1 heterocycles. The minimum Gasteiger partial charge on any atom is -0.318 e. The van der Waals surface area contributed by atoms with E-state index in [-0.39, 0.29) is 17.1 Å². The predicted molar refractivity (Wildman–Crippen MR) is 86.7 cm³/mol. The SMILES string of the molecule is Cc1cc(C)c(NC(=O)c2n[nH]c(C(C)(C)C)n2)c(Br)c1. The third kappa shape index (κ3) is 3.50. The fourth-order valence-electron chi connectivity index (χ4n) is 1.94. The smallest absolute Gasteiger partial charge is 0.295 e. The number of benzene rings is 1. The Bertz CT molecular complexity index is 662. The number of hydrogen-bond donors (Lipinski definition) is 2. The Balaban J connectivity index is 2.25. The number of amides is 1. The summed E-state index contributed by atoms with van der Waals surface area (Å²) in [5, 5.41) is 9.67. The number of nitrogens with one attached hydrogen (secondary N) is 2. The number of anilines is 1. The largest absolute Gasteiger partial charge is 0.318 e. The van der Waals surface area contributed by atoms with E-state index in [1.165, 1.54) is 0 Å². The summed E-state index contributed by atoms with van der Waals surface area (Å²) in [6.45, 7) is 9.99. The Morgan fingerprint density at radius 3 is 2.48 bits per heavy atom. The van der Waals surface area contributed by atoms with E-state index in [4.69, 9.17) is 0 Å². The van der Waals surface area contributed by atoms with Gasteiger partial charge in [-0.1, -0.05) is 26.8 Å². The number of halogens is 1. The molecule has 1 aromatic carbocycles. The highest BCUT2D eigenvalue weighted by Gasteiger charge is 2.22. The minimum absolute atomic E-state index is 0.145. The van der Waals surface area contributed by atoms with Crippen molar-refractivity contribution in [1.82, 2.24) is 15.2 Å². The van der Waals surface area contributed by atoms with Crippen LogP contribution in [-0.4, -0.2) is 21.1 Å². The van der Waals surface area contributed by atoms with Crippen molar-refractivity contribution in [2.75, 3.05) is 5.32 Å². The van der Waals surface area contributed by atoms with Crippen LogP contribution in [0.3, 0.4) is 0 Å². The van der Waals surface area contributed by atoms with Crippen molar-refractivity contribution in [1.29, 1.82) is 0 Å². The van der Waals surface area contributed by atoms with E-state index < -0.39 is 0 Å². The fraction of sp³-hybridized carbons (Fsp3) is 0.400. The van der Waals surface area contributed by atoms with Gasteiger partial charge in [-0.2, -0.15) is 0 Å². The number of carbonyl (C=O) groups excluding carboxylic acids is 1. The minimum atomic E-state index is -0.325. The maximum Gasteiger partial charge on any atom is 0.295 e. The number of aryl methyl sites for hydroxylation is 2. The third-order valence-corrected chi connectivity index (χ3v) is 3.69. The Morgan fingerprint density at radius 1 is 1.29 bits per heavy atom. The second-order valence-electron chi connectivity index (χ2n) is 6.15. The summed E-state index contributed by atoms with van der Waals surface area (Å²) in [6.07, 6.45) is 0. The van der Waals surface area contributed by atoms with Gasteiger partial charge in [0, 0.05) is 9.89 Å². The lowest BCUT2D eigenvalue weighted by atomic mass is 9.96. The molecule has 2 N–H and O–H groups in total. The average Bonchev–Trinajstić information content (AvgIpc) is 2.82. The van der Waals surface area contributed by atoms with E-state index >= 15 is 0 Å². The van der Waals surface area contributed by atoms with Crippen molar-refractivity contribution in [3.8, 4) is 0 Å². The summed E-state index contributed by atoms with van der Waals surface area (Å²) in [5.74, 6) is 0.508. The molecular weight excluding hydrogens is 332 g/mol. The second kappa shape index (κ2) is 5.60. The molecule has 2 aromatic rings. The predicted octanol–water partition coefficient (Wildman–Crippen LogP) is 3.73. The first-order chi connectivity index (χ1) is 9.68. The first-order valence-electron chi connectivity index (χ1n) is 6.69. The maximum atomic E-state index is 12.3. The summed E-state index contributed by atoms with van der Waals surface area (Å²) in [5.41, 5.74) is 2.69. The van der Waals surface area contributed by atoms with Crippen LogP contribution in [0.4, 0.5) is 5.69 Å². The van der Waals surface area contributed by atoms with Gasteiger partial charge >= 0.3 is 0 Å². The molecule has 21 heavy (non-hydrogen) atoms. The van der Waals surface area contributed by atoms with Gasteiger partial charge in [0.1, 0.15) is 5.82 Å². The summed E-state index contributed by atoms with van der Waals surface area (Å²) in [4.78, 5) is 16.5. The Hall–Kier alpha value is -1.69. The standard InChI is InChI=1S/C15H19BrN4O/c1-8-6-9(2)11(10(16)7-8)17-13(21)12-18-14(20-19-12)15(3,4)5/h6-7H,1-5H3,(H,17,21)(H,18,19,20). The molecule has 0 atom stereocenters. The third-order valence-electron chi connectivity index (χ3n) is 3.07. The highest BCUT2D eigenvalue weighted by molar-refractivity contribution is 9.10. The normalized spacial score (nSPS) is 11.5. The van der Waals surface area contributed by atoms with Crippen LogP contribution in [0.2, 0.25) is 0 Å². The molecule has 0 fully saturated rings. The molecule has 112 valence electrons. The Kier molecular flexibility index (Phi) is 4.18. The van der Waals surface area contributed by atoms with E-state index in [2.05, 4.69) is 36.4 Å². The summed E-state index contributed by atoms with van der Waals surface area (Å²) < 4.78 is 0.847. The van der Waals surface area contributed by atoms with Crippen LogP contribution in [-0.2, 0) is 5.41 Å². The molecule has 0 aliphatic heterocycles. The van der Waals surface area contributed by atoms with Gasteiger partial charge in [0.15, 0.2) is 0 Å². The molecule has 0 radical (unpaired) electrons. The number of aromatic amines is 1. The van der Waals surface area contributed by atoms with Gasteiger partial charge in [-0.15, -0.1) is 5.10 Å². The van der Waals surface area contributed by atoms with E-state index in [9.17, 15) is 4.79 Å². The van der Waals surface area contributed by atoms with Crippen LogP contribution in [0.5, 0.6) is 0 Å². The van der Waals surface area contributed by atoms with Crippen molar-refractivity contribution >= 4 is 27.5 Å². The molecule has 0 saturated heterocycles. The van der Waals surface area contributed by atoms with Gasteiger partial charge in [0.2, 0.25) is 5.82 Å². The zero-order valence-electron chi connectivity index (χ0n) is 12.8. The van der Waals surface area contributed by atoms with Crippen LogP contribution >= 0.6 is 15.9 Å². The molecule has 0 saturated carbocycles. The highest BCUT2D eigenvalue weighted by atomic mass is 79.9. The second-order valence-corrected chi connectivity index (χ2v) is 7.00. The van der Waals surface area contributed by atoms with Gasteiger partial charge in [0.05, 0.1) is 5.69 Å². The van der Waals surface area contributed by atoms with E-state index in [0.717, 1.165) is 21.3 Å². The monoisotopic (exact) mass is 350 g/mol. The number of aromatic nitrogens is 3. The summed E-state index contributed by atoms with van der Waals surface area (Å²) >= 11 is 3.47. The van der Waals surface area contributed by atoms with E-state index in [1.54, 1.807) is 0 Å². The first-order valence-corrected chi connectivity index (χ1v) is 7.49. The van der Waals surface area contributed by atoms with Crippen LogP contribution in [0.15, 0.2) is 16.6 Å². The molecule has 0 aliphatic carbocycles. The molecule has 6 heteroatoms. The molecule has 0 spiro atoms. The number of nitrogens with zero attached hydrogens (tertiary/aromatic N) is 2. The van der Waals surface area contributed by atoms with Crippen molar-refractivity contribution in [2.45, 2.75) is 40.0 Å². The van der Waals surface area contributed by atoms with Gasteiger partial charge in [-0.05, 0) is 47.0 Å². The summed E-state index contributed by atoms with van der Waals surface area (Å²) in [6, 6.07) is 3.97. The van der Waals surface area contributed by atoms with Gasteiger partial charge in [-0.3, -0.25) is 9.89 Å². The van der Waals surface area contributed by atoms with E-state index in [1.807, 2.05) is 46.8 Å². The zero-order chi connectivity index (χ0) is 15.8. The molecule has 0 unspecified atom stereocenters. The summed E-state index contributed by atoms with van der Waals surface area (Å²) in [7, 11) is 0. The molecule has 1 aromatic heterocycles. The number of rotatable bonds is 2. The highest BCUT2D eigenvalue weighted by Crippen LogP contribution is 2.28. The average molecular weight is 351 g/mol. The van der Waals surface area contributed by atoms with Crippen molar-refractivity contribution < 1.29 is 4.79 Å². The molecule has 5 nitrogen and oxygen atoms in total. The number of hydrogen-bond acceptors (Lipinski definition) is 3. The molecule has 0 aliphatic rings. The van der Waals surface area contributed by atoms with Crippen molar-refractivity contribution in [3.63, 3.8) is 0 Å². The Labute approximate surface area is 132 Å². The quantitative estimate of drug-likeness (QED) is 0.866. The lowest BCUT2D eigenvalue weighted by Gasteiger charge is -2.13. The number of H-pyrrole nitrogens is 1. The zero-order valence-corrected chi connectivity index (χ0v) is 14.4. The molecule has 2 rings (SSSR count). The van der Waals surface area contributed by atoms with Gasteiger partial charge in [-0.25, -0.2) is 4.98 Å². The van der Waals surface area contributed by atoms with Gasteiger partial charge < -0.3 is 5.32 Å².